The molecule has 1 aromatic carbocycles. The van der Waals surface area contributed by atoms with Crippen LogP contribution in [-0.4, -0.2) is 44.4 Å². The average molecular weight is 299 g/mol. The molecule has 20 heavy (non-hydrogen) atoms. The molecule has 5 nitrogen and oxygen atoms in total. The van der Waals surface area contributed by atoms with Gasteiger partial charge in [-0.3, -0.25) is 4.84 Å². The summed E-state index contributed by atoms with van der Waals surface area (Å²) >= 11 is 0. The van der Waals surface area contributed by atoms with Gasteiger partial charge in [-0.1, -0.05) is 24.6 Å². The molecule has 0 aliphatic carbocycles. The summed E-state index contributed by atoms with van der Waals surface area (Å²) in [5, 5.41) is 2.85. The quantitative estimate of drug-likeness (QED) is 0.574. The maximum atomic E-state index is 11.7. The Bertz CT molecular complexity index is 550. The van der Waals surface area contributed by atoms with Crippen molar-refractivity contribution < 1.29 is 18.4 Å². The van der Waals surface area contributed by atoms with Crippen molar-refractivity contribution in [2.45, 2.75) is 20.8 Å². The maximum Gasteiger partial charge on any atom is 0.247 e. The highest BCUT2D eigenvalue weighted by atomic mass is 32.2. The van der Waals surface area contributed by atoms with Crippen molar-refractivity contribution in [2.75, 3.05) is 26.0 Å². The van der Waals surface area contributed by atoms with Crippen molar-refractivity contribution in [3.8, 4) is 0 Å². The van der Waals surface area contributed by atoms with Gasteiger partial charge in [0.05, 0.1) is 6.26 Å². The lowest BCUT2D eigenvalue weighted by atomic mass is 10.1. The predicted molar refractivity (Wildman–Crippen MR) is 80.0 cm³/mol. The van der Waals surface area contributed by atoms with Gasteiger partial charge in [-0.15, -0.1) is 0 Å². The predicted octanol–water partition coefficient (Wildman–Crippen LogP) is 0.0977. The summed E-state index contributed by atoms with van der Waals surface area (Å²) in [7, 11) is -3.23. The van der Waals surface area contributed by atoms with E-state index in [1.54, 1.807) is 0 Å². The van der Waals surface area contributed by atoms with Crippen LogP contribution in [0.2, 0.25) is 0 Å². The molecule has 0 fully saturated rings. The Hall–Kier alpha value is -1.40. The molecule has 0 saturated heterocycles. The Morgan fingerprint density at radius 2 is 1.85 bits per heavy atom. The van der Waals surface area contributed by atoms with Crippen LogP contribution < -0.4 is 5.16 Å². The lowest BCUT2D eigenvalue weighted by Crippen LogP contribution is -2.74. The molecule has 0 radical (unpaired) electrons. The molecule has 0 aliphatic heterocycles. The highest BCUT2D eigenvalue weighted by Crippen LogP contribution is 2.05. The first-order valence-electron chi connectivity index (χ1n) is 6.64. The minimum Gasteiger partial charge on any atom is -0.279 e. The van der Waals surface area contributed by atoms with E-state index in [1.807, 2.05) is 45.0 Å². The van der Waals surface area contributed by atoms with Crippen molar-refractivity contribution in [3.63, 3.8) is 0 Å². The number of nitrogens with one attached hydrogen (secondary N) is 1. The van der Waals surface area contributed by atoms with Gasteiger partial charge in [0.2, 0.25) is 15.7 Å². The first-order valence-corrected chi connectivity index (χ1v) is 8.49. The Kier molecular flexibility index (Phi) is 6.16. The first-order chi connectivity index (χ1) is 9.38. The number of likely N-dealkylation sites (N-methyl/N-ethyl adjacent to an activating group) is 1. The van der Waals surface area contributed by atoms with Crippen molar-refractivity contribution in [1.82, 2.24) is 4.31 Å². The minimum absolute atomic E-state index is 0.262. The second-order valence-corrected chi connectivity index (χ2v) is 6.55. The molecule has 0 heterocycles. The van der Waals surface area contributed by atoms with Gasteiger partial charge >= 0.3 is 0 Å². The topological polar surface area (TPSA) is 60.6 Å². The summed E-state index contributed by atoms with van der Waals surface area (Å²) < 4.78 is 24.8. The van der Waals surface area contributed by atoms with E-state index in [9.17, 15) is 8.42 Å². The number of benzene rings is 1. The van der Waals surface area contributed by atoms with Crippen LogP contribution in [0.25, 0.3) is 0 Å². The van der Waals surface area contributed by atoms with E-state index in [-0.39, 0.29) is 6.54 Å². The van der Waals surface area contributed by atoms with E-state index in [4.69, 9.17) is 4.84 Å². The Morgan fingerprint density at radius 3 is 2.30 bits per heavy atom. The third kappa shape index (κ3) is 4.94. The maximum absolute atomic E-state index is 11.7. The van der Waals surface area contributed by atoms with Crippen LogP contribution in [0.5, 0.6) is 0 Å². The van der Waals surface area contributed by atoms with Gasteiger partial charge in [-0.05, 0) is 31.1 Å². The number of hydrogen-bond acceptors (Lipinski definition) is 3. The van der Waals surface area contributed by atoms with E-state index in [0.29, 0.717) is 13.2 Å². The zero-order valence-electron chi connectivity index (χ0n) is 12.5. The molecule has 1 rings (SSSR count). The Balaban J connectivity index is 3.04. The molecule has 0 aliphatic rings. The number of aryl methyl sites for hydroxylation is 1. The van der Waals surface area contributed by atoms with Crippen LogP contribution in [0, 0.1) is 6.92 Å². The van der Waals surface area contributed by atoms with E-state index in [0.717, 1.165) is 16.8 Å². The summed E-state index contributed by atoms with van der Waals surface area (Å²) in [5.41, 5.74) is 2.81. The molecule has 0 unspecified atom stereocenters. The van der Waals surface area contributed by atoms with Crippen molar-refractivity contribution in [3.05, 3.63) is 35.4 Å². The van der Waals surface area contributed by atoms with Crippen LogP contribution in [0.4, 0.5) is 0 Å². The molecule has 1 aromatic rings. The molecular formula is C14H23N2O3S+. The smallest absolute Gasteiger partial charge is 0.247 e. The van der Waals surface area contributed by atoms with E-state index >= 15 is 0 Å². The lowest BCUT2D eigenvalue weighted by molar-refractivity contribution is -0.752. The van der Waals surface area contributed by atoms with Crippen molar-refractivity contribution in [2.24, 2.45) is 0 Å². The van der Waals surface area contributed by atoms with Crippen LogP contribution in [0.15, 0.2) is 24.3 Å². The van der Waals surface area contributed by atoms with Gasteiger partial charge in [0.15, 0.2) is 6.61 Å². The van der Waals surface area contributed by atoms with E-state index in [1.165, 1.54) is 10.6 Å². The van der Waals surface area contributed by atoms with Gasteiger partial charge in [-0.25, -0.2) is 8.42 Å². The minimum atomic E-state index is -3.23. The zero-order valence-corrected chi connectivity index (χ0v) is 13.3. The van der Waals surface area contributed by atoms with Crippen LogP contribution in [0.1, 0.15) is 25.0 Å². The Labute approximate surface area is 121 Å². The second-order valence-electron chi connectivity index (χ2n) is 4.57. The average Bonchev–Trinajstić information content (AvgIpc) is 2.39. The molecule has 1 N–H and O–H groups in total. The third-order valence-electron chi connectivity index (χ3n) is 2.90. The van der Waals surface area contributed by atoms with Gasteiger partial charge in [0.25, 0.3) is 0 Å². The molecule has 6 heteroatoms. The highest BCUT2D eigenvalue weighted by Gasteiger charge is 2.22. The first kappa shape index (κ1) is 16.7. The molecule has 0 saturated carbocycles. The fraction of sp³-hybridized carbons (Fsp3) is 0.500. The number of hydrogen-bond donors (Lipinski definition) is 1. The van der Waals surface area contributed by atoms with Crippen molar-refractivity contribution >= 4 is 15.7 Å². The molecular weight excluding hydrogens is 276 g/mol. The van der Waals surface area contributed by atoms with Gasteiger partial charge in [0.1, 0.15) is 6.54 Å². The van der Waals surface area contributed by atoms with Gasteiger partial charge < -0.3 is 0 Å². The van der Waals surface area contributed by atoms with E-state index in [2.05, 4.69) is 5.16 Å². The molecule has 112 valence electrons. The number of nitrogens with zero attached hydrogens (tertiary/aromatic N) is 1. The lowest BCUT2D eigenvalue weighted by Gasteiger charge is -2.16. The summed E-state index contributed by atoms with van der Waals surface area (Å²) in [4.78, 5) is 5.23. The molecule has 0 spiro atoms. The molecule has 0 bridgehead atoms. The fourth-order valence-corrected chi connectivity index (χ4v) is 2.57. The normalized spacial score (nSPS) is 12.8. The largest absolute Gasteiger partial charge is 0.279 e. The fourth-order valence-electron chi connectivity index (χ4n) is 1.74. The Morgan fingerprint density at radius 1 is 1.25 bits per heavy atom. The van der Waals surface area contributed by atoms with Crippen LogP contribution in [-0.2, 0) is 14.9 Å². The summed E-state index contributed by atoms with van der Waals surface area (Å²) in [6, 6.07) is 7.87. The van der Waals surface area contributed by atoms with E-state index < -0.39 is 10.0 Å². The summed E-state index contributed by atoms with van der Waals surface area (Å²) in [6.07, 6.45) is 1.21. The third-order valence-corrected chi connectivity index (χ3v) is 4.22. The van der Waals surface area contributed by atoms with Gasteiger partial charge in [0, 0.05) is 12.1 Å². The number of rotatable bonds is 7. The van der Waals surface area contributed by atoms with Crippen LogP contribution >= 0.6 is 0 Å². The SMILES string of the molecule is CCO/[NH+]=C(/CN(CC)S(C)(=O)=O)c1ccc(C)cc1. The standard InChI is InChI=1S/C14H22N2O3S/c1-5-16(20(4,17)18)11-14(15-19-6-2)13-9-7-12(3)8-10-13/h7-10H,5-6,11H2,1-4H3/p+1/b15-14-. The summed E-state index contributed by atoms with van der Waals surface area (Å²) in [5.74, 6) is 0. The number of sulfonamides is 1. The monoisotopic (exact) mass is 299 g/mol. The second kappa shape index (κ2) is 7.40. The van der Waals surface area contributed by atoms with Gasteiger partial charge in [-0.2, -0.15) is 4.31 Å². The van der Waals surface area contributed by atoms with Crippen molar-refractivity contribution in [1.29, 1.82) is 0 Å². The van der Waals surface area contributed by atoms with Crippen LogP contribution in [0.3, 0.4) is 0 Å². The molecule has 0 amide bonds. The summed E-state index contributed by atoms with van der Waals surface area (Å²) in [6.45, 7) is 6.87. The molecule has 0 atom stereocenters. The zero-order chi connectivity index (χ0) is 15.2. The molecule has 0 aromatic heterocycles. The highest BCUT2D eigenvalue weighted by molar-refractivity contribution is 7.88.